The van der Waals surface area contributed by atoms with Crippen LogP contribution in [0.2, 0.25) is 0 Å². The molecule has 1 fully saturated rings. The van der Waals surface area contributed by atoms with Gasteiger partial charge in [-0.25, -0.2) is 0 Å². The van der Waals surface area contributed by atoms with Crippen LogP contribution in [0, 0.1) is 5.92 Å². The summed E-state index contributed by atoms with van der Waals surface area (Å²) in [6.45, 7) is 2.32. The number of rotatable bonds is 3. The first kappa shape index (κ1) is 10.7. The highest BCUT2D eigenvalue weighted by Gasteiger charge is 2.14. The zero-order chi connectivity index (χ0) is 11.5. The maximum atomic E-state index is 4.28. The number of hydrogen-bond acceptors (Lipinski definition) is 4. The van der Waals surface area contributed by atoms with Crippen molar-refractivity contribution >= 4 is 5.65 Å². The Labute approximate surface area is 100 Å². The standard InChI is InChI=1S/C12H17N5/c1-3-10(9-13-7-1)5-6-12-16-15-11-4-2-8-14-17(11)12/h2,4,8,10,13H,1,3,5-7,9H2. The first-order valence-corrected chi connectivity index (χ1v) is 6.29. The first-order valence-electron chi connectivity index (χ1n) is 6.29. The summed E-state index contributed by atoms with van der Waals surface area (Å²) in [5.74, 6) is 1.76. The second-order valence-electron chi connectivity index (χ2n) is 4.66. The molecule has 0 aliphatic carbocycles. The number of aromatic nitrogens is 4. The van der Waals surface area contributed by atoms with Crippen LogP contribution < -0.4 is 5.32 Å². The fourth-order valence-electron chi connectivity index (χ4n) is 2.45. The second-order valence-corrected chi connectivity index (χ2v) is 4.66. The third-order valence-electron chi connectivity index (χ3n) is 3.42. The molecule has 0 radical (unpaired) electrons. The molecule has 0 amide bonds. The Morgan fingerprint density at radius 2 is 2.41 bits per heavy atom. The van der Waals surface area contributed by atoms with Gasteiger partial charge in [0.25, 0.3) is 0 Å². The van der Waals surface area contributed by atoms with Crippen LogP contribution in [0.1, 0.15) is 25.1 Å². The summed E-state index contributed by atoms with van der Waals surface area (Å²) in [6, 6.07) is 3.82. The largest absolute Gasteiger partial charge is 0.316 e. The van der Waals surface area contributed by atoms with Gasteiger partial charge in [-0.2, -0.15) is 9.61 Å². The summed E-state index contributed by atoms with van der Waals surface area (Å²) in [6.07, 6.45) is 6.54. The van der Waals surface area contributed by atoms with E-state index in [1.807, 2.05) is 16.6 Å². The molecular formula is C12H17N5. The molecule has 1 aliphatic rings. The van der Waals surface area contributed by atoms with Crippen molar-refractivity contribution in [3.05, 3.63) is 24.2 Å². The number of fused-ring (bicyclic) bond motifs is 1. The molecule has 0 aromatic carbocycles. The van der Waals surface area contributed by atoms with E-state index in [4.69, 9.17) is 0 Å². The van der Waals surface area contributed by atoms with Crippen molar-refractivity contribution in [2.75, 3.05) is 13.1 Å². The molecule has 1 aliphatic heterocycles. The van der Waals surface area contributed by atoms with Gasteiger partial charge >= 0.3 is 0 Å². The maximum Gasteiger partial charge on any atom is 0.177 e. The molecule has 1 saturated heterocycles. The van der Waals surface area contributed by atoms with Crippen LogP contribution in [0.3, 0.4) is 0 Å². The fraction of sp³-hybridized carbons (Fsp3) is 0.583. The molecule has 3 rings (SSSR count). The smallest absolute Gasteiger partial charge is 0.177 e. The van der Waals surface area contributed by atoms with Gasteiger partial charge in [0.1, 0.15) is 0 Å². The summed E-state index contributed by atoms with van der Waals surface area (Å²) < 4.78 is 1.84. The van der Waals surface area contributed by atoms with Gasteiger partial charge < -0.3 is 5.32 Å². The first-order chi connectivity index (χ1) is 8.43. The van der Waals surface area contributed by atoms with Crippen LogP contribution in [0.4, 0.5) is 0 Å². The molecule has 1 unspecified atom stereocenters. The van der Waals surface area contributed by atoms with Crippen molar-refractivity contribution in [3.8, 4) is 0 Å². The van der Waals surface area contributed by atoms with E-state index in [1.54, 1.807) is 6.20 Å². The number of hydrogen-bond donors (Lipinski definition) is 1. The van der Waals surface area contributed by atoms with Gasteiger partial charge in [0.2, 0.25) is 0 Å². The van der Waals surface area contributed by atoms with Gasteiger partial charge in [-0.1, -0.05) is 0 Å². The molecule has 3 heterocycles. The second kappa shape index (κ2) is 4.79. The Hall–Kier alpha value is -1.49. The van der Waals surface area contributed by atoms with E-state index in [9.17, 15) is 0 Å². The minimum atomic E-state index is 0.778. The summed E-state index contributed by atoms with van der Waals surface area (Å²) in [5, 5.41) is 16.1. The van der Waals surface area contributed by atoms with Crippen LogP contribution in [-0.4, -0.2) is 32.9 Å². The van der Waals surface area contributed by atoms with Crippen molar-refractivity contribution in [1.29, 1.82) is 0 Å². The lowest BCUT2D eigenvalue weighted by atomic mass is 9.95. The van der Waals surface area contributed by atoms with Gasteiger partial charge in [0, 0.05) is 12.6 Å². The maximum absolute atomic E-state index is 4.28. The lowest BCUT2D eigenvalue weighted by molar-refractivity contribution is 0.355. The topological polar surface area (TPSA) is 55.1 Å². The normalized spacial score (nSPS) is 20.8. The van der Waals surface area contributed by atoms with E-state index in [1.165, 1.54) is 25.8 Å². The fourth-order valence-corrected chi connectivity index (χ4v) is 2.45. The van der Waals surface area contributed by atoms with Crippen molar-refractivity contribution in [2.45, 2.75) is 25.7 Å². The summed E-state index contributed by atoms with van der Waals surface area (Å²) in [7, 11) is 0. The van der Waals surface area contributed by atoms with Gasteiger partial charge in [-0.3, -0.25) is 0 Å². The SMILES string of the molecule is c1cnn2c(CCC3CCCNC3)nnc2c1. The third kappa shape index (κ3) is 2.29. The van der Waals surface area contributed by atoms with Crippen molar-refractivity contribution in [2.24, 2.45) is 5.92 Å². The predicted octanol–water partition coefficient (Wildman–Crippen LogP) is 1.06. The highest BCUT2D eigenvalue weighted by molar-refractivity contribution is 5.34. The van der Waals surface area contributed by atoms with Crippen LogP contribution in [0.5, 0.6) is 0 Å². The summed E-state index contributed by atoms with van der Waals surface area (Å²) in [5.41, 5.74) is 0.837. The molecule has 17 heavy (non-hydrogen) atoms. The molecule has 90 valence electrons. The zero-order valence-corrected chi connectivity index (χ0v) is 9.84. The molecule has 0 saturated carbocycles. The van der Waals surface area contributed by atoms with Crippen LogP contribution in [-0.2, 0) is 6.42 Å². The lowest BCUT2D eigenvalue weighted by Crippen LogP contribution is -2.30. The van der Waals surface area contributed by atoms with Gasteiger partial charge in [-0.05, 0) is 50.4 Å². The number of nitrogens with zero attached hydrogens (tertiary/aromatic N) is 4. The third-order valence-corrected chi connectivity index (χ3v) is 3.42. The van der Waals surface area contributed by atoms with E-state index in [0.717, 1.165) is 30.4 Å². The lowest BCUT2D eigenvalue weighted by Gasteiger charge is -2.22. The monoisotopic (exact) mass is 231 g/mol. The molecule has 0 spiro atoms. The van der Waals surface area contributed by atoms with Crippen molar-refractivity contribution in [1.82, 2.24) is 25.1 Å². The van der Waals surface area contributed by atoms with Crippen molar-refractivity contribution < 1.29 is 0 Å². The van der Waals surface area contributed by atoms with Gasteiger partial charge in [0.05, 0.1) is 0 Å². The number of aryl methyl sites for hydroxylation is 1. The highest BCUT2D eigenvalue weighted by Crippen LogP contribution is 2.16. The van der Waals surface area contributed by atoms with E-state index >= 15 is 0 Å². The minimum Gasteiger partial charge on any atom is -0.316 e. The van der Waals surface area contributed by atoms with Crippen LogP contribution in [0.15, 0.2) is 18.3 Å². The molecule has 1 atom stereocenters. The molecule has 2 aromatic heterocycles. The average Bonchev–Trinajstić information content (AvgIpc) is 2.81. The van der Waals surface area contributed by atoms with Crippen LogP contribution in [0.25, 0.3) is 5.65 Å². The zero-order valence-electron chi connectivity index (χ0n) is 9.84. The molecule has 5 heteroatoms. The Kier molecular flexibility index (Phi) is 3.00. The molecule has 2 aromatic rings. The molecule has 0 bridgehead atoms. The predicted molar refractivity (Wildman–Crippen MR) is 64.7 cm³/mol. The average molecular weight is 231 g/mol. The highest BCUT2D eigenvalue weighted by atomic mass is 15.4. The Balaban J connectivity index is 1.68. The van der Waals surface area contributed by atoms with Gasteiger partial charge in [0.15, 0.2) is 11.5 Å². The quantitative estimate of drug-likeness (QED) is 0.858. The summed E-state index contributed by atoms with van der Waals surface area (Å²) in [4.78, 5) is 0. The Morgan fingerprint density at radius 1 is 1.41 bits per heavy atom. The molecule has 1 N–H and O–H groups in total. The Morgan fingerprint density at radius 3 is 3.29 bits per heavy atom. The van der Waals surface area contributed by atoms with Crippen LogP contribution >= 0.6 is 0 Å². The summed E-state index contributed by atoms with van der Waals surface area (Å²) >= 11 is 0. The number of nitrogens with one attached hydrogen (secondary N) is 1. The van der Waals surface area contributed by atoms with E-state index in [-0.39, 0.29) is 0 Å². The van der Waals surface area contributed by atoms with Gasteiger partial charge in [-0.15, -0.1) is 10.2 Å². The Bertz CT molecular complexity index is 486. The molecular weight excluding hydrogens is 214 g/mol. The molecule has 5 nitrogen and oxygen atoms in total. The number of piperidine rings is 1. The van der Waals surface area contributed by atoms with Crippen molar-refractivity contribution in [3.63, 3.8) is 0 Å². The van der Waals surface area contributed by atoms with E-state index in [2.05, 4.69) is 20.6 Å². The van der Waals surface area contributed by atoms with E-state index < -0.39 is 0 Å². The van der Waals surface area contributed by atoms with E-state index in [0.29, 0.717) is 0 Å². The minimum absolute atomic E-state index is 0.778.